The molecule has 2 amide bonds. The molecule has 0 spiro atoms. The predicted octanol–water partition coefficient (Wildman–Crippen LogP) is 3.79. The normalized spacial score (nSPS) is 14.6. The molecule has 2 aromatic rings. The van der Waals surface area contributed by atoms with Crippen LogP contribution in [0.5, 0.6) is 0 Å². The number of hydrogen-bond acceptors (Lipinski definition) is 2. The van der Waals surface area contributed by atoms with E-state index in [4.69, 9.17) is 11.6 Å². The van der Waals surface area contributed by atoms with Gasteiger partial charge in [-0.05, 0) is 31.2 Å². The third-order valence-corrected chi connectivity index (χ3v) is 4.07. The summed E-state index contributed by atoms with van der Waals surface area (Å²) in [4.78, 5) is 26.4. The van der Waals surface area contributed by atoms with E-state index < -0.39 is 6.04 Å². The average Bonchev–Trinajstić information content (AvgIpc) is 2.79. The fraction of sp³-hybridized carbons (Fsp3) is 0.111. The number of nitrogens with zero attached hydrogens (tertiary/aromatic N) is 1. The molecule has 1 aliphatic heterocycles. The van der Waals surface area contributed by atoms with Crippen molar-refractivity contribution in [3.05, 3.63) is 71.3 Å². The van der Waals surface area contributed by atoms with Gasteiger partial charge in [0.15, 0.2) is 0 Å². The first-order valence-electron chi connectivity index (χ1n) is 7.17. The van der Waals surface area contributed by atoms with E-state index >= 15 is 0 Å². The molecule has 0 saturated carbocycles. The number of halogens is 1. The first-order valence-corrected chi connectivity index (χ1v) is 7.55. The second-order valence-corrected chi connectivity index (χ2v) is 5.78. The maximum atomic E-state index is 12.5. The Labute approximate surface area is 139 Å². The lowest BCUT2D eigenvalue weighted by Gasteiger charge is -2.24. The van der Waals surface area contributed by atoms with E-state index in [0.29, 0.717) is 22.0 Å². The Bertz CT molecular complexity index is 781. The van der Waals surface area contributed by atoms with Gasteiger partial charge >= 0.3 is 0 Å². The molecule has 116 valence electrons. The molecule has 1 aliphatic rings. The van der Waals surface area contributed by atoms with Gasteiger partial charge in [0.05, 0.1) is 0 Å². The van der Waals surface area contributed by atoms with Crippen LogP contribution in [0.4, 0.5) is 5.69 Å². The van der Waals surface area contributed by atoms with Crippen molar-refractivity contribution in [3.63, 3.8) is 0 Å². The summed E-state index contributed by atoms with van der Waals surface area (Å²) in [5, 5.41) is 3.30. The minimum absolute atomic E-state index is 0.209. The topological polar surface area (TPSA) is 49.4 Å². The summed E-state index contributed by atoms with van der Waals surface area (Å²) < 4.78 is 0. The van der Waals surface area contributed by atoms with Gasteiger partial charge in [-0.15, -0.1) is 0 Å². The van der Waals surface area contributed by atoms with Crippen LogP contribution in [0.25, 0.3) is 5.70 Å². The van der Waals surface area contributed by atoms with Crippen LogP contribution in [0.1, 0.15) is 22.8 Å². The molecular formula is C18H15ClN2O2. The highest BCUT2D eigenvalue weighted by atomic mass is 35.5. The summed E-state index contributed by atoms with van der Waals surface area (Å²) in [7, 11) is 0. The van der Waals surface area contributed by atoms with E-state index in [1.807, 2.05) is 12.1 Å². The number of fused-ring (bicyclic) bond motifs is 1. The zero-order chi connectivity index (χ0) is 16.6. The molecule has 1 N–H and O–H groups in total. The highest BCUT2D eigenvalue weighted by molar-refractivity contribution is 6.30. The quantitative estimate of drug-likeness (QED) is 0.932. The van der Waals surface area contributed by atoms with Crippen LogP contribution < -0.4 is 5.32 Å². The standard InChI is InChI=1S/C18H15ClN2O2/c1-11-15-8-3-4-9-16(15)18(23)21(11)12(2)17(22)20-14-7-5-6-13(19)10-14/h3-10,12H,1H2,2H3,(H,20,22). The fourth-order valence-electron chi connectivity index (χ4n) is 2.64. The van der Waals surface area contributed by atoms with Crippen molar-refractivity contribution in [2.45, 2.75) is 13.0 Å². The molecule has 4 nitrogen and oxygen atoms in total. The number of benzene rings is 2. The smallest absolute Gasteiger partial charge is 0.259 e. The monoisotopic (exact) mass is 326 g/mol. The number of nitrogens with one attached hydrogen (secondary N) is 1. The Morgan fingerprint density at radius 1 is 1.17 bits per heavy atom. The van der Waals surface area contributed by atoms with E-state index in [2.05, 4.69) is 11.9 Å². The number of rotatable bonds is 3. The molecule has 0 saturated heterocycles. The summed E-state index contributed by atoms with van der Waals surface area (Å²) in [5.74, 6) is -0.506. The largest absolute Gasteiger partial charge is 0.324 e. The third kappa shape index (κ3) is 2.73. The Balaban J connectivity index is 1.81. The molecule has 0 radical (unpaired) electrons. The minimum atomic E-state index is -0.679. The summed E-state index contributed by atoms with van der Waals surface area (Å²) in [5.41, 5.74) is 2.46. The van der Waals surface area contributed by atoms with Gasteiger partial charge in [0, 0.05) is 27.5 Å². The first kappa shape index (κ1) is 15.3. The highest BCUT2D eigenvalue weighted by Crippen LogP contribution is 2.33. The van der Waals surface area contributed by atoms with Crippen molar-refractivity contribution in [1.82, 2.24) is 4.90 Å². The molecule has 1 atom stereocenters. The predicted molar refractivity (Wildman–Crippen MR) is 91.2 cm³/mol. The highest BCUT2D eigenvalue weighted by Gasteiger charge is 2.36. The first-order chi connectivity index (χ1) is 11.0. The number of amides is 2. The summed E-state index contributed by atoms with van der Waals surface area (Å²) >= 11 is 5.91. The van der Waals surface area contributed by atoms with Crippen LogP contribution in [0.15, 0.2) is 55.1 Å². The van der Waals surface area contributed by atoms with E-state index in [1.54, 1.807) is 43.3 Å². The van der Waals surface area contributed by atoms with Crippen molar-refractivity contribution in [3.8, 4) is 0 Å². The Kier molecular flexibility index (Phi) is 3.92. The molecule has 3 rings (SSSR count). The van der Waals surface area contributed by atoms with Crippen LogP contribution in [0.3, 0.4) is 0 Å². The second-order valence-electron chi connectivity index (χ2n) is 5.34. The van der Waals surface area contributed by atoms with Crippen LogP contribution in [0, 0.1) is 0 Å². The van der Waals surface area contributed by atoms with Gasteiger partial charge in [0.25, 0.3) is 5.91 Å². The lowest BCUT2D eigenvalue weighted by molar-refractivity contribution is -0.119. The Morgan fingerprint density at radius 3 is 2.52 bits per heavy atom. The minimum Gasteiger partial charge on any atom is -0.324 e. The van der Waals surface area contributed by atoms with Crippen molar-refractivity contribution >= 4 is 34.8 Å². The van der Waals surface area contributed by atoms with Crippen molar-refractivity contribution in [1.29, 1.82) is 0 Å². The van der Waals surface area contributed by atoms with Crippen molar-refractivity contribution in [2.24, 2.45) is 0 Å². The number of anilines is 1. The van der Waals surface area contributed by atoms with E-state index in [9.17, 15) is 9.59 Å². The van der Waals surface area contributed by atoms with Gasteiger partial charge in [-0.25, -0.2) is 0 Å². The number of hydrogen-bond donors (Lipinski definition) is 1. The van der Waals surface area contributed by atoms with Crippen molar-refractivity contribution < 1.29 is 9.59 Å². The summed E-state index contributed by atoms with van der Waals surface area (Å²) in [6.07, 6.45) is 0. The molecule has 1 heterocycles. The molecule has 0 aliphatic carbocycles. The summed E-state index contributed by atoms with van der Waals surface area (Å²) in [6, 6.07) is 13.4. The molecule has 0 bridgehead atoms. The molecule has 2 aromatic carbocycles. The number of carbonyl (C=O) groups excluding carboxylic acids is 2. The van der Waals surface area contributed by atoms with Crippen molar-refractivity contribution in [2.75, 3.05) is 5.32 Å². The molecule has 0 aromatic heterocycles. The third-order valence-electron chi connectivity index (χ3n) is 3.84. The average molecular weight is 327 g/mol. The van der Waals surface area contributed by atoms with Gasteiger partial charge < -0.3 is 5.32 Å². The van der Waals surface area contributed by atoms with Gasteiger partial charge in [-0.2, -0.15) is 0 Å². The fourth-order valence-corrected chi connectivity index (χ4v) is 2.83. The zero-order valence-corrected chi connectivity index (χ0v) is 13.3. The lowest BCUT2D eigenvalue weighted by atomic mass is 10.1. The lowest BCUT2D eigenvalue weighted by Crippen LogP contribution is -2.41. The molecule has 23 heavy (non-hydrogen) atoms. The molecule has 0 fully saturated rings. The molecule has 5 heteroatoms. The van der Waals surface area contributed by atoms with Crippen LogP contribution in [0.2, 0.25) is 5.02 Å². The van der Waals surface area contributed by atoms with Gasteiger partial charge in [-0.1, -0.05) is 42.4 Å². The maximum absolute atomic E-state index is 12.5. The van der Waals surface area contributed by atoms with Crippen LogP contribution in [-0.4, -0.2) is 22.8 Å². The molecular weight excluding hydrogens is 312 g/mol. The Morgan fingerprint density at radius 2 is 1.87 bits per heavy atom. The molecule has 1 unspecified atom stereocenters. The maximum Gasteiger partial charge on any atom is 0.259 e. The van der Waals surface area contributed by atoms with E-state index in [1.165, 1.54) is 4.90 Å². The second kappa shape index (κ2) is 5.89. The van der Waals surface area contributed by atoms with Gasteiger partial charge in [0.1, 0.15) is 6.04 Å². The van der Waals surface area contributed by atoms with E-state index in [-0.39, 0.29) is 11.8 Å². The van der Waals surface area contributed by atoms with Gasteiger partial charge in [0.2, 0.25) is 5.91 Å². The Hall–Kier alpha value is -2.59. The zero-order valence-electron chi connectivity index (χ0n) is 12.5. The van der Waals surface area contributed by atoms with E-state index in [0.717, 1.165) is 5.56 Å². The summed E-state index contributed by atoms with van der Waals surface area (Å²) in [6.45, 7) is 5.63. The van der Waals surface area contributed by atoms with Crippen LogP contribution in [-0.2, 0) is 4.79 Å². The van der Waals surface area contributed by atoms with Crippen LogP contribution >= 0.6 is 11.6 Å². The number of carbonyl (C=O) groups is 2. The van der Waals surface area contributed by atoms with Gasteiger partial charge in [-0.3, -0.25) is 14.5 Å². The SMILES string of the molecule is C=C1c2ccccc2C(=O)N1C(C)C(=O)Nc1cccc(Cl)c1.